The summed E-state index contributed by atoms with van der Waals surface area (Å²) in [5, 5.41) is -2.60. The number of hydrogen-bond acceptors (Lipinski definition) is 6. The lowest BCUT2D eigenvalue weighted by molar-refractivity contribution is -0.152. The van der Waals surface area contributed by atoms with Crippen LogP contribution < -0.4 is 4.72 Å². The summed E-state index contributed by atoms with van der Waals surface area (Å²) in [5.74, 6) is -0.954. The predicted octanol–water partition coefficient (Wildman–Crippen LogP) is 5.24. The van der Waals surface area contributed by atoms with E-state index in [0.29, 0.717) is 18.4 Å². The molecule has 2 aromatic rings. The number of sulfonamides is 1. The number of nitrogens with one attached hydrogen (secondary N) is 1. The lowest BCUT2D eigenvalue weighted by Gasteiger charge is -2.40. The maximum absolute atomic E-state index is 13.9. The SMILES string of the molecule is CCCCCNS(=O)(=O)[C@@](OCc1ccccc1)(C(C)=O)N(CC(C)CC)C(=O)OCc1ccccc1. The maximum Gasteiger partial charge on any atom is 0.413 e. The number of rotatable bonds is 16. The smallest absolute Gasteiger partial charge is 0.413 e. The van der Waals surface area contributed by atoms with E-state index >= 15 is 0 Å². The highest BCUT2D eigenvalue weighted by atomic mass is 32.2. The van der Waals surface area contributed by atoms with Gasteiger partial charge in [-0.05, 0) is 23.5 Å². The zero-order valence-corrected chi connectivity index (χ0v) is 23.1. The van der Waals surface area contributed by atoms with Crippen molar-refractivity contribution in [1.82, 2.24) is 9.62 Å². The van der Waals surface area contributed by atoms with Gasteiger partial charge in [0.05, 0.1) is 6.61 Å². The molecular weight excluding hydrogens is 492 g/mol. The minimum Gasteiger partial charge on any atom is -0.444 e. The van der Waals surface area contributed by atoms with Crippen LogP contribution in [-0.4, -0.2) is 43.3 Å². The van der Waals surface area contributed by atoms with Crippen LogP contribution in [0.1, 0.15) is 64.5 Å². The predicted molar refractivity (Wildman–Crippen MR) is 144 cm³/mol. The van der Waals surface area contributed by atoms with E-state index in [1.807, 2.05) is 45.0 Å². The molecule has 2 aromatic carbocycles. The fraction of sp³-hybridized carbons (Fsp3) is 0.500. The van der Waals surface area contributed by atoms with Crippen LogP contribution in [0.15, 0.2) is 60.7 Å². The highest BCUT2D eigenvalue weighted by molar-refractivity contribution is 7.91. The van der Waals surface area contributed by atoms with Crippen molar-refractivity contribution >= 4 is 21.9 Å². The normalized spacial score (nSPS) is 13.9. The Hall–Kier alpha value is -2.75. The van der Waals surface area contributed by atoms with Gasteiger partial charge in [-0.25, -0.2) is 17.9 Å². The van der Waals surface area contributed by atoms with Gasteiger partial charge < -0.3 is 9.47 Å². The number of amides is 1. The molecule has 1 N–H and O–H groups in total. The summed E-state index contributed by atoms with van der Waals surface area (Å²) in [5.41, 5.74) is 1.40. The van der Waals surface area contributed by atoms with Gasteiger partial charge in [-0.15, -0.1) is 0 Å². The van der Waals surface area contributed by atoms with Crippen LogP contribution in [0.5, 0.6) is 0 Å². The van der Waals surface area contributed by atoms with Crippen LogP contribution in [0, 0.1) is 5.92 Å². The number of nitrogens with zero attached hydrogens (tertiary/aromatic N) is 1. The molecule has 0 bridgehead atoms. The lowest BCUT2D eigenvalue weighted by atomic mass is 10.1. The second kappa shape index (κ2) is 14.9. The monoisotopic (exact) mass is 532 g/mol. The number of hydrogen-bond donors (Lipinski definition) is 1. The molecule has 37 heavy (non-hydrogen) atoms. The van der Waals surface area contributed by atoms with Gasteiger partial charge in [0.2, 0.25) is 0 Å². The standard InChI is InChI=1S/C28H40N2O6S/c1-5-7-14-19-29-37(33,34)28(24(4)31,36-22-26-17-12-9-13-18-26)30(20-23(3)6-2)27(32)35-21-25-15-10-8-11-16-25/h8-13,15-18,23,29H,5-7,14,19-22H2,1-4H3/t23?,28-/m0/s1. The molecule has 0 aliphatic rings. The Balaban J connectivity index is 2.52. The molecule has 1 unspecified atom stereocenters. The minimum absolute atomic E-state index is 0.0473. The first kappa shape index (κ1) is 30.5. The Morgan fingerprint density at radius 3 is 2.03 bits per heavy atom. The van der Waals surface area contributed by atoms with Crippen LogP contribution >= 0.6 is 0 Å². The van der Waals surface area contributed by atoms with Crippen LogP contribution in [0.2, 0.25) is 0 Å². The average molecular weight is 533 g/mol. The first-order valence-corrected chi connectivity index (χ1v) is 14.3. The molecule has 2 atom stereocenters. The fourth-order valence-corrected chi connectivity index (χ4v) is 5.41. The number of ether oxygens (including phenoxy) is 2. The first-order chi connectivity index (χ1) is 17.7. The molecule has 0 radical (unpaired) electrons. The van der Waals surface area contributed by atoms with Crippen molar-refractivity contribution in [1.29, 1.82) is 0 Å². The van der Waals surface area contributed by atoms with E-state index in [0.717, 1.165) is 30.2 Å². The van der Waals surface area contributed by atoms with E-state index in [9.17, 15) is 18.0 Å². The van der Waals surface area contributed by atoms with Crippen molar-refractivity contribution in [2.45, 2.75) is 71.6 Å². The Morgan fingerprint density at radius 2 is 1.51 bits per heavy atom. The van der Waals surface area contributed by atoms with Gasteiger partial charge in [0, 0.05) is 20.0 Å². The van der Waals surface area contributed by atoms with Crippen LogP contribution in [0.4, 0.5) is 4.79 Å². The highest BCUT2D eigenvalue weighted by Gasteiger charge is 2.57. The second-order valence-corrected chi connectivity index (χ2v) is 11.0. The molecule has 1 amide bonds. The zero-order chi connectivity index (χ0) is 27.3. The quantitative estimate of drug-likeness (QED) is 0.234. The van der Waals surface area contributed by atoms with Crippen molar-refractivity contribution in [3.8, 4) is 0 Å². The summed E-state index contributed by atoms with van der Waals surface area (Å²) < 4.78 is 41.8. The maximum atomic E-state index is 13.9. The molecule has 9 heteroatoms. The number of unbranched alkanes of at least 4 members (excludes halogenated alkanes) is 2. The summed E-state index contributed by atoms with van der Waals surface area (Å²) >= 11 is 0. The number of ketones is 1. The Morgan fingerprint density at radius 1 is 0.946 bits per heavy atom. The van der Waals surface area contributed by atoms with Gasteiger partial charge in [-0.1, -0.05) is 101 Å². The van der Waals surface area contributed by atoms with E-state index < -0.39 is 27.0 Å². The zero-order valence-electron chi connectivity index (χ0n) is 22.3. The van der Waals surface area contributed by atoms with Crippen LogP contribution in [0.25, 0.3) is 0 Å². The topological polar surface area (TPSA) is 102 Å². The molecule has 0 aliphatic carbocycles. The summed E-state index contributed by atoms with van der Waals surface area (Å²) in [4.78, 5) is 27.8. The van der Waals surface area contributed by atoms with Crippen molar-refractivity contribution in [2.24, 2.45) is 5.92 Å². The minimum atomic E-state index is -4.51. The molecular formula is C28H40N2O6S. The third kappa shape index (κ3) is 8.38. The van der Waals surface area contributed by atoms with Gasteiger partial charge in [0.1, 0.15) is 6.61 Å². The Bertz CT molecular complexity index is 1080. The van der Waals surface area contributed by atoms with Crippen molar-refractivity contribution in [3.63, 3.8) is 0 Å². The summed E-state index contributed by atoms with van der Waals surface area (Å²) in [6.07, 6.45) is 2.02. The number of carbonyl (C=O) groups excluding carboxylic acids is 2. The third-order valence-corrected chi connectivity index (χ3v) is 8.07. The number of carbonyl (C=O) groups is 2. The molecule has 0 aromatic heterocycles. The summed E-state index contributed by atoms with van der Waals surface area (Å²) in [6, 6.07) is 18.0. The molecule has 0 heterocycles. The fourth-order valence-electron chi connectivity index (χ4n) is 3.77. The van der Waals surface area contributed by atoms with E-state index in [-0.39, 0.29) is 32.2 Å². The molecule has 8 nitrogen and oxygen atoms in total. The van der Waals surface area contributed by atoms with Gasteiger partial charge in [-0.3, -0.25) is 9.69 Å². The second-order valence-electron chi connectivity index (χ2n) is 9.18. The van der Waals surface area contributed by atoms with E-state index in [1.54, 1.807) is 36.4 Å². The molecule has 0 fully saturated rings. The van der Waals surface area contributed by atoms with Crippen LogP contribution in [-0.2, 0) is 37.5 Å². The number of Topliss-reactive ketones (excluding diaryl/α,β-unsaturated/α-hetero) is 1. The molecule has 2 rings (SSSR count). The van der Waals surface area contributed by atoms with Crippen LogP contribution in [0.3, 0.4) is 0 Å². The Labute approximate surface area is 221 Å². The largest absolute Gasteiger partial charge is 0.444 e. The average Bonchev–Trinajstić information content (AvgIpc) is 2.90. The molecule has 0 aliphatic heterocycles. The molecule has 0 spiro atoms. The van der Waals surface area contributed by atoms with Crippen molar-refractivity contribution < 1.29 is 27.5 Å². The van der Waals surface area contributed by atoms with Gasteiger partial charge >= 0.3 is 11.2 Å². The lowest BCUT2D eigenvalue weighted by Crippen LogP contribution is -2.66. The van der Waals surface area contributed by atoms with Gasteiger partial charge in [-0.2, -0.15) is 0 Å². The molecule has 0 saturated heterocycles. The van der Waals surface area contributed by atoms with Crippen molar-refractivity contribution in [2.75, 3.05) is 13.1 Å². The summed E-state index contributed by atoms with van der Waals surface area (Å²) in [6.45, 7) is 6.74. The van der Waals surface area contributed by atoms with Gasteiger partial charge in [0.25, 0.3) is 10.0 Å². The van der Waals surface area contributed by atoms with Crippen molar-refractivity contribution in [3.05, 3.63) is 71.8 Å². The molecule has 204 valence electrons. The first-order valence-electron chi connectivity index (χ1n) is 12.8. The van der Waals surface area contributed by atoms with E-state index in [2.05, 4.69) is 4.72 Å². The Kier molecular flexibility index (Phi) is 12.2. The van der Waals surface area contributed by atoms with E-state index in [4.69, 9.17) is 9.47 Å². The van der Waals surface area contributed by atoms with Gasteiger partial charge in [0.15, 0.2) is 5.78 Å². The third-order valence-electron chi connectivity index (χ3n) is 6.13. The number of benzene rings is 2. The highest BCUT2D eigenvalue weighted by Crippen LogP contribution is 2.30. The summed E-state index contributed by atoms with van der Waals surface area (Å²) in [7, 11) is -4.51. The molecule has 0 saturated carbocycles. The van der Waals surface area contributed by atoms with E-state index in [1.165, 1.54) is 0 Å².